The van der Waals surface area contributed by atoms with Crippen LogP contribution in [0.4, 0.5) is 0 Å². The van der Waals surface area contributed by atoms with E-state index in [0.717, 1.165) is 11.1 Å². The van der Waals surface area contributed by atoms with Crippen molar-refractivity contribution in [2.75, 3.05) is 26.9 Å². The number of ether oxygens (including phenoxy) is 3. The molecule has 1 heterocycles. The van der Waals surface area contributed by atoms with Crippen molar-refractivity contribution in [3.63, 3.8) is 0 Å². The average molecular weight is 391 g/mol. The van der Waals surface area contributed by atoms with Gasteiger partial charge < -0.3 is 24.1 Å². The van der Waals surface area contributed by atoms with Crippen LogP contribution >= 0.6 is 0 Å². The lowest BCUT2D eigenvalue weighted by molar-refractivity contribution is -0.121. The summed E-state index contributed by atoms with van der Waals surface area (Å²) in [6, 6.07) is 7.96. The Labute approximate surface area is 165 Å². The summed E-state index contributed by atoms with van der Waals surface area (Å²) in [5.41, 5.74) is 2.09. The minimum Gasteiger partial charge on any atom is -0.379 e. The summed E-state index contributed by atoms with van der Waals surface area (Å²) in [6.07, 6.45) is 0.438. The largest absolute Gasteiger partial charge is 0.379 e. The Morgan fingerprint density at radius 1 is 1.25 bits per heavy atom. The maximum absolute atomic E-state index is 12.1. The van der Waals surface area contributed by atoms with Crippen LogP contribution in [0, 0.1) is 0 Å². The lowest BCUT2D eigenvalue weighted by Crippen LogP contribution is -2.23. The number of aromatic nitrogens is 2. The molecule has 8 heteroatoms. The third kappa shape index (κ3) is 7.75. The van der Waals surface area contributed by atoms with Crippen LogP contribution in [0.15, 0.2) is 28.8 Å². The molecule has 0 aliphatic carbocycles. The van der Waals surface area contributed by atoms with Crippen LogP contribution in [0.5, 0.6) is 0 Å². The van der Waals surface area contributed by atoms with Crippen molar-refractivity contribution in [3.8, 4) is 0 Å². The van der Waals surface area contributed by atoms with Crippen LogP contribution in [0.1, 0.15) is 49.2 Å². The van der Waals surface area contributed by atoms with Gasteiger partial charge >= 0.3 is 0 Å². The molecular formula is C20H29N3O5. The number of carbonyl (C=O) groups is 1. The van der Waals surface area contributed by atoms with E-state index >= 15 is 0 Å². The maximum Gasteiger partial charge on any atom is 0.227 e. The number of hydrogen-bond acceptors (Lipinski definition) is 7. The molecule has 0 aliphatic heterocycles. The Hall–Kier alpha value is -2.29. The molecule has 1 amide bonds. The Bertz CT molecular complexity index is 719. The minimum atomic E-state index is -0.234. The van der Waals surface area contributed by atoms with Gasteiger partial charge in [-0.3, -0.25) is 4.79 Å². The van der Waals surface area contributed by atoms with Gasteiger partial charge in [0.05, 0.1) is 19.8 Å². The number of nitrogens with zero attached hydrogens (tertiary/aromatic N) is 2. The Balaban J connectivity index is 1.70. The monoisotopic (exact) mass is 391 g/mol. The summed E-state index contributed by atoms with van der Waals surface area (Å²) >= 11 is 0. The highest BCUT2D eigenvalue weighted by molar-refractivity contribution is 5.76. The molecule has 2 rings (SSSR count). The molecule has 0 fully saturated rings. The number of rotatable bonds is 13. The van der Waals surface area contributed by atoms with Crippen molar-refractivity contribution in [1.29, 1.82) is 0 Å². The van der Waals surface area contributed by atoms with Crippen LogP contribution in [0.25, 0.3) is 0 Å². The van der Waals surface area contributed by atoms with Gasteiger partial charge in [0.1, 0.15) is 6.10 Å². The maximum atomic E-state index is 12.1. The average Bonchev–Trinajstić information content (AvgIpc) is 3.19. The van der Waals surface area contributed by atoms with Crippen molar-refractivity contribution < 1.29 is 23.5 Å². The topological polar surface area (TPSA) is 95.7 Å². The Morgan fingerprint density at radius 2 is 2.04 bits per heavy atom. The molecular weight excluding hydrogens is 362 g/mol. The SMILES string of the molecule is CCOCCOCc1cccc(CNC(=O)CCc2nc([C@H](C)OC)no2)c1. The van der Waals surface area contributed by atoms with Gasteiger partial charge in [0.15, 0.2) is 5.82 Å². The van der Waals surface area contributed by atoms with Crippen molar-refractivity contribution >= 4 is 5.91 Å². The van der Waals surface area contributed by atoms with E-state index in [9.17, 15) is 4.79 Å². The first-order valence-corrected chi connectivity index (χ1v) is 9.47. The van der Waals surface area contributed by atoms with E-state index < -0.39 is 0 Å². The zero-order valence-corrected chi connectivity index (χ0v) is 16.8. The van der Waals surface area contributed by atoms with Crippen molar-refractivity contribution in [2.24, 2.45) is 0 Å². The molecule has 0 saturated carbocycles. The standard InChI is InChI=1S/C20H29N3O5/c1-4-26-10-11-27-14-17-7-5-6-16(12-17)13-21-18(24)8-9-19-22-20(23-28-19)15(2)25-3/h5-7,12,15H,4,8-11,13-14H2,1-3H3,(H,21,24)/t15-/m0/s1. The van der Waals surface area contributed by atoms with Gasteiger partial charge in [-0.15, -0.1) is 0 Å². The lowest BCUT2D eigenvalue weighted by Gasteiger charge is -2.08. The van der Waals surface area contributed by atoms with Gasteiger partial charge in [0.25, 0.3) is 0 Å². The smallest absolute Gasteiger partial charge is 0.227 e. The van der Waals surface area contributed by atoms with Crippen LogP contribution in [0.2, 0.25) is 0 Å². The number of hydrogen-bond donors (Lipinski definition) is 1. The molecule has 1 atom stereocenters. The van der Waals surface area contributed by atoms with Gasteiger partial charge in [-0.1, -0.05) is 29.4 Å². The molecule has 28 heavy (non-hydrogen) atoms. The van der Waals surface area contributed by atoms with E-state index in [1.165, 1.54) is 0 Å². The number of nitrogens with one attached hydrogen (secondary N) is 1. The zero-order chi connectivity index (χ0) is 20.2. The van der Waals surface area contributed by atoms with Gasteiger partial charge in [-0.25, -0.2) is 0 Å². The second kappa shape index (κ2) is 12.2. The van der Waals surface area contributed by atoms with Gasteiger partial charge in [0.2, 0.25) is 11.8 Å². The zero-order valence-electron chi connectivity index (χ0n) is 16.8. The predicted octanol–water partition coefficient (Wildman–Crippen LogP) is 2.58. The molecule has 1 N–H and O–H groups in total. The predicted molar refractivity (Wildman–Crippen MR) is 102 cm³/mol. The van der Waals surface area contributed by atoms with Crippen LogP contribution < -0.4 is 5.32 Å². The van der Waals surface area contributed by atoms with Gasteiger partial charge in [0, 0.05) is 33.1 Å². The summed E-state index contributed by atoms with van der Waals surface area (Å²) in [4.78, 5) is 16.3. The van der Waals surface area contributed by atoms with Crippen molar-refractivity contribution in [3.05, 3.63) is 47.1 Å². The highest BCUT2D eigenvalue weighted by Gasteiger charge is 2.13. The summed E-state index contributed by atoms with van der Waals surface area (Å²) in [5.74, 6) is 0.844. The molecule has 8 nitrogen and oxygen atoms in total. The number of methoxy groups -OCH3 is 1. The van der Waals surface area contributed by atoms with E-state index in [-0.39, 0.29) is 18.4 Å². The third-order valence-electron chi connectivity index (χ3n) is 4.09. The fourth-order valence-electron chi connectivity index (χ4n) is 2.43. The fraction of sp³-hybridized carbons (Fsp3) is 0.550. The molecule has 1 aromatic heterocycles. The van der Waals surface area contributed by atoms with Gasteiger partial charge in [-0.05, 0) is 25.0 Å². The second-order valence-electron chi connectivity index (χ2n) is 6.27. The summed E-state index contributed by atoms with van der Waals surface area (Å²) < 4.78 is 21.1. The third-order valence-corrected chi connectivity index (χ3v) is 4.09. The molecule has 0 unspecified atom stereocenters. The number of carbonyl (C=O) groups excluding carboxylic acids is 1. The molecule has 154 valence electrons. The van der Waals surface area contributed by atoms with E-state index in [1.807, 2.05) is 38.1 Å². The van der Waals surface area contributed by atoms with E-state index in [0.29, 0.717) is 51.1 Å². The molecule has 0 bridgehead atoms. The van der Waals surface area contributed by atoms with E-state index in [2.05, 4.69) is 15.5 Å². The molecule has 0 saturated heterocycles. The summed E-state index contributed by atoms with van der Waals surface area (Å²) in [6.45, 7) is 6.63. The first kappa shape index (κ1) is 22.0. The molecule has 1 aromatic carbocycles. The normalized spacial score (nSPS) is 12.1. The number of benzene rings is 1. The Kier molecular flexibility index (Phi) is 9.61. The van der Waals surface area contributed by atoms with Crippen LogP contribution in [-0.2, 0) is 38.6 Å². The lowest BCUT2D eigenvalue weighted by atomic mass is 10.1. The molecule has 0 aliphatic rings. The highest BCUT2D eigenvalue weighted by Crippen LogP contribution is 2.12. The highest BCUT2D eigenvalue weighted by atomic mass is 16.5. The van der Waals surface area contributed by atoms with Crippen molar-refractivity contribution in [1.82, 2.24) is 15.5 Å². The van der Waals surface area contributed by atoms with Crippen LogP contribution in [0.3, 0.4) is 0 Å². The first-order chi connectivity index (χ1) is 13.6. The van der Waals surface area contributed by atoms with Crippen LogP contribution in [-0.4, -0.2) is 43.0 Å². The first-order valence-electron chi connectivity index (χ1n) is 9.47. The van der Waals surface area contributed by atoms with Gasteiger partial charge in [-0.2, -0.15) is 4.98 Å². The Morgan fingerprint density at radius 3 is 2.82 bits per heavy atom. The second-order valence-corrected chi connectivity index (χ2v) is 6.27. The van der Waals surface area contributed by atoms with Crippen molar-refractivity contribution in [2.45, 2.75) is 45.9 Å². The quantitative estimate of drug-likeness (QED) is 0.524. The number of amides is 1. The molecule has 2 aromatic rings. The molecule has 0 radical (unpaired) electrons. The minimum absolute atomic E-state index is 0.0714. The summed E-state index contributed by atoms with van der Waals surface area (Å²) in [5, 5.41) is 6.75. The molecule has 0 spiro atoms. The fourth-order valence-corrected chi connectivity index (χ4v) is 2.43. The summed E-state index contributed by atoms with van der Waals surface area (Å²) in [7, 11) is 1.58. The van der Waals surface area contributed by atoms with E-state index in [1.54, 1.807) is 7.11 Å². The number of aryl methyl sites for hydroxylation is 1. The van der Waals surface area contributed by atoms with E-state index in [4.69, 9.17) is 18.7 Å².